The van der Waals surface area contributed by atoms with Gasteiger partial charge >= 0.3 is 0 Å². The molecule has 0 saturated carbocycles. The highest BCUT2D eigenvalue weighted by Crippen LogP contribution is 2.17. The number of hydrogen-bond acceptors (Lipinski definition) is 8. The lowest BCUT2D eigenvalue weighted by Gasteiger charge is -2.30. The molecule has 198 valence electrons. The number of primary amides is 1. The Balaban J connectivity index is 2.09. The minimum atomic E-state index is -1.06. The molecule has 6 N–H and O–H groups in total. The van der Waals surface area contributed by atoms with Crippen LogP contribution in [-0.2, 0) is 25.6 Å². The lowest BCUT2D eigenvalue weighted by molar-refractivity contribution is -0.384. The maximum Gasteiger partial charge on any atom is 0.269 e. The molecular weight excluding hydrogens is 488 g/mol. The molecule has 0 unspecified atom stereocenters. The van der Waals surface area contributed by atoms with Gasteiger partial charge in [0, 0.05) is 25.1 Å². The molecule has 0 bridgehead atoms. The molecular formula is C23H34N6O6S. The zero-order chi connectivity index (χ0) is 26.7. The first-order valence-electron chi connectivity index (χ1n) is 11.8. The zero-order valence-corrected chi connectivity index (χ0v) is 21.1. The van der Waals surface area contributed by atoms with Crippen molar-refractivity contribution in [3.8, 4) is 0 Å². The first-order valence-corrected chi connectivity index (χ1v) is 12.9. The average Bonchev–Trinajstić information content (AvgIpc) is 2.84. The third-order valence-corrected chi connectivity index (χ3v) is 7.02. The summed E-state index contributed by atoms with van der Waals surface area (Å²) < 4.78 is 0. The Morgan fingerprint density at radius 2 is 1.97 bits per heavy atom. The van der Waals surface area contributed by atoms with Crippen molar-refractivity contribution in [3.63, 3.8) is 0 Å². The Morgan fingerprint density at radius 1 is 1.28 bits per heavy atom. The minimum absolute atomic E-state index is 0.0410. The van der Waals surface area contributed by atoms with Crippen LogP contribution in [0.2, 0.25) is 0 Å². The number of rotatable bonds is 11. The van der Waals surface area contributed by atoms with Crippen LogP contribution in [0.5, 0.6) is 0 Å². The van der Waals surface area contributed by atoms with E-state index in [1.165, 1.54) is 40.9 Å². The lowest BCUT2D eigenvalue weighted by Crippen LogP contribution is -2.54. The van der Waals surface area contributed by atoms with Crippen LogP contribution < -0.4 is 22.1 Å². The van der Waals surface area contributed by atoms with E-state index < -0.39 is 28.8 Å². The van der Waals surface area contributed by atoms with Crippen molar-refractivity contribution in [2.24, 2.45) is 11.5 Å². The van der Waals surface area contributed by atoms with E-state index in [2.05, 4.69) is 10.6 Å². The van der Waals surface area contributed by atoms with Gasteiger partial charge < -0.3 is 27.0 Å². The number of carbonyl (C=O) groups is 4. The molecule has 1 aromatic carbocycles. The van der Waals surface area contributed by atoms with Crippen LogP contribution in [0.1, 0.15) is 38.2 Å². The molecule has 1 aliphatic heterocycles. The van der Waals surface area contributed by atoms with Crippen molar-refractivity contribution >= 4 is 41.1 Å². The molecule has 1 aromatic rings. The highest BCUT2D eigenvalue weighted by Gasteiger charge is 2.30. The van der Waals surface area contributed by atoms with E-state index in [4.69, 9.17) is 11.5 Å². The maximum absolute atomic E-state index is 13.3. The monoisotopic (exact) mass is 522 g/mol. The summed E-state index contributed by atoms with van der Waals surface area (Å²) >= 11 is 1.48. The van der Waals surface area contributed by atoms with Crippen LogP contribution in [-0.4, -0.2) is 76.2 Å². The normalized spacial score (nSPS) is 19.8. The van der Waals surface area contributed by atoms with E-state index in [1.807, 2.05) is 0 Å². The molecule has 3 atom stereocenters. The van der Waals surface area contributed by atoms with E-state index in [1.54, 1.807) is 6.92 Å². The Morgan fingerprint density at radius 3 is 2.58 bits per heavy atom. The van der Waals surface area contributed by atoms with Crippen LogP contribution in [0.25, 0.3) is 0 Å². The molecule has 1 saturated heterocycles. The predicted octanol–water partition coefficient (Wildman–Crippen LogP) is 0.0752. The van der Waals surface area contributed by atoms with Crippen LogP contribution in [0.4, 0.5) is 5.69 Å². The van der Waals surface area contributed by atoms with Gasteiger partial charge in [-0.15, -0.1) is 11.8 Å². The van der Waals surface area contributed by atoms with Gasteiger partial charge in [0.05, 0.1) is 16.7 Å². The fraction of sp³-hybridized carbons (Fsp3) is 0.565. The SMILES string of the molecule is C[C@H]1SCCCN(CC(=O)N[C@@H](Cc2ccc([N+](=O)[O-])cc2)C(N)=O)C(=O)[C@H](CCCCN)NC1=O. The molecule has 1 aliphatic rings. The Hall–Kier alpha value is -3.19. The number of nitrogens with two attached hydrogens (primary N) is 2. The second kappa shape index (κ2) is 14.4. The van der Waals surface area contributed by atoms with Crippen molar-refractivity contribution in [2.75, 3.05) is 25.4 Å². The van der Waals surface area contributed by atoms with E-state index in [-0.39, 0.29) is 35.7 Å². The fourth-order valence-electron chi connectivity index (χ4n) is 3.74. The number of non-ortho nitro benzene ring substituents is 1. The Labute approximate surface area is 214 Å². The molecule has 13 heteroatoms. The van der Waals surface area contributed by atoms with Crippen molar-refractivity contribution in [2.45, 2.75) is 56.4 Å². The van der Waals surface area contributed by atoms with Crippen LogP contribution in [0, 0.1) is 10.1 Å². The lowest BCUT2D eigenvalue weighted by atomic mass is 10.0. The van der Waals surface area contributed by atoms with Crippen molar-refractivity contribution in [1.82, 2.24) is 15.5 Å². The van der Waals surface area contributed by atoms with Gasteiger partial charge in [-0.25, -0.2) is 0 Å². The summed E-state index contributed by atoms with van der Waals surface area (Å²) in [6, 6.07) is 3.75. The number of nitro groups is 1. The minimum Gasteiger partial charge on any atom is -0.368 e. The van der Waals surface area contributed by atoms with E-state index in [0.717, 1.165) is 0 Å². The van der Waals surface area contributed by atoms with Crippen molar-refractivity contribution in [3.05, 3.63) is 39.9 Å². The van der Waals surface area contributed by atoms with Gasteiger partial charge in [0.1, 0.15) is 12.1 Å². The predicted molar refractivity (Wildman–Crippen MR) is 136 cm³/mol. The molecule has 0 radical (unpaired) electrons. The first-order chi connectivity index (χ1) is 17.1. The Kier molecular flexibility index (Phi) is 11.6. The standard InChI is InChI=1S/C23H34N6O6S/c1-15-22(32)27-18(5-2-3-10-24)23(33)28(11-4-12-36-15)14-20(30)26-19(21(25)31)13-16-6-8-17(9-7-16)29(34)35/h6-9,15,18-19H,2-5,10-14,24H2,1H3,(H2,25,31)(H,26,30)(H,27,32)/t15-,18+,19+/m1/s1. The van der Waals surface area contributed by atoms with Crippen LogP contribution in [0.3, 0.4) is 0 Å². The second-order valence-electron chi connectivity index (χ2n) is 8.62. The number of amides is 4. The quantitative estimate of drug-likeness (QED) is 0.178. The van der Waals surface area contributed by atoms with Gasteiger partial charge in [-0.1, -0.05) is 12.1 Å². The molecule has 1 fully saturated rings. The Bertz CT molecular complexity index is 944. The number of carbonyl (C=O) groups excluding carboxylic acids is 4. The molecule has 12 nitrogen and oxygen atoms in total. The summed E-state index contributed by atoms with van der Waals surface area (Å²) in [4.78, 5) is 62.3. The highest BCUT2D eigenvalue weighted by atomic mass is 32.2. The molecule has 0 aliphatic carbocycles. The van der Waals surface area contributed by atoms with E-state index >= 15 is 0 Å². The smallest absolute Gasteiger partial charge is 0.269 e. The van der Waals surface area contributed by atoms with Gasteiger partial charge in [-0.3, -0.25) is 29.3 Å². The number of benzene rings is 1. The van der Waals surface area contributed by atoms with Gasteiger partial charge in [0.2, 0.25) is 23.6 Å². The van der Waals surface area contributed by atoms with Crippen LogP contribution >= 0.6 is 11.8 Å². The van der Waals surface area contributed by atoms with Crippen molar-refractivity contribution < 1.29 is 24.1 Å². The first kappa shape index (κ1) is 29.0. The third kappa shape index (κ3) is 9.11. The molecule has 2 rings (SSSR count). The summed E-state index contributed by atoms with van der Waals surface area (Å²) in [7, 11) is 0. The van der Waals surface area contributed by atoms with Gasteiger partial charge in [0.15, 0.2) is 0 Å². The van der Waals surface area contributed by atoms with Gasteiger partial charge in [-0.05, 0) is 50.5 Å². The largest absolute Gasteiger partial charge is 0.368 e. The summed E-state index contributed by atoms with van der Waals surface area (Å²) in [6.45, 7) is 2.28. The summed E-state index contributed by atoms with van der Waals surface area (Å²) in [5.74, 6) is -1.29. The highest BCUT2D eigenvalue weighted by molar-refractivity contribution is 8.00. The topological polar surface area (TPSA) is 191 Å². The van der Waals surface area contributed by atoms with Crippen molar-refractivity contribution in [1.29, 1.82) is 0 Å². The molecule has 4 amide bonds. The van der Waals surface area contributed by atoms with E-state index in [9.17, 15) is 29.3 Å². The van der Waals surface area contributed by atoms with Gasteiger partial charge in [0.25, 0.3) is 5.69 Å². The second-order valence-corrected chi connectivity index (χ2v) is 10.1. The molecule has 36 heavy (non-hydrogen) atoms. The number of thioether (sulfide) groups is 1. The molecule has 0 aromatic heterocycles. The summed E-state index contributed by atoms with van der Waals surface area (Å²) in [5.41, 5.74) is 11.5. The van der Waals surface area contributed by atoms with Gasteiger partial charge in [-0.2, -0.15) is 0 Å². The fourth-order valence-corrected chi connectivity index (χ4v) is 4.61. The number of nitrogens with one attached hydrogen (secondary N) is 2. The molecule has 0 spiro atoms. The number of nitro benzene ring substituents is 1. The number of nitrogens with zero attached hydrogens (tertiary/aromatic N) is 2. The molecule has 1 heterocycles. The summed E-state index contributed by atoms with van der Waals surface area (Å²) in [6.07, 6.45) is 2.39. The third-order valence-electron chi connectivity index (χ3n) is 5.78. The number of unbranched alkanes of at least 4 members (excludes halogenated alkanes) is 1. The van der Waals surface area contributed by atoms with Crippen LogP contribution in [0.15, 0.2) is 24.3 Å². The summed E-state index contributed by atoms with van der Waals surface area (Å²) in [5, 5.41) is 15.9. The average molecular weight is 523 g/mol. The zero-order valence-electron chi connectivity index (χ0n) is 20.3. The number of hydrogen-bond donors (Lipinski definition) is 4. The van der Waals surface area contributed by atoms with E-state index in [0.29, 0.717) is 50.1 Å². The maximum atomic E-state index is 13.3.